The molecule has 0 bridgehead atoms. The van der Waals surface area contributed by atoms with Gasteiger partial charge in [-0.25, -0.2) is 9.37 Å². The Hall–Kier alpha value is -2.56. The monoisotopic (exact) mass is 257 g/mol. The van der Waals surface area contributed by atoms with Gasteiger partial charge < -0.3 is 14.9 Å². The normalized spacial score (nSPS) is 10.8. The van der Waals surface area contributed by atoms with E-state index in [0.717, 1.165) is 0 Å². The molecule has 2 N–H and O–H groups in total. The number of nitrogens with zero attached hydrogens (tertiary/aromatic N) is 2. The maximum Gasteiger partial charge on any atom is 0.165 e. The largest absolute Gasteiger partial charge is 0.484 e. The average molecular weight is 257 g/mol. The summed E-state index contributed by atoms with van der Waals surface area (Å²) in [6, 6.07) is 9.90. The molecule has 0 aliphatic rings. The van der Waals surface area contributed by atoms with Crippen LogP contribution < -0.4 is 10.5 Å². The van der Waals surface area contributed by atoms with Crippen LogP contribution in [0.25, 0.3) is 5.65 Å². The fourth-order valence-electron chi connectivity index (χ4n) is 1.87. The third-order valence-corrected chi connectivity index (χ3v) is 2.78. The predicted octanol–water partition coefficient (Wildman–Crippen LogP) is 2.63. The number of nitrogen functional groups attached to an aromatic ring is 1. The van der Waals surface area contributed by atoms with E-state index in [9.17, 15) is 4.39 Å². The second-order valence-corrected chi connectivity index (χ2v) is 4.15. The molecule has 1 aromatic carbocycles. The molecule has 0 saturated heterocycles. The van der Waals surface area contributed by atoms with Crippen LogP contribution in [0.3, 0.4) is 0 Å². The van der Waals surface area contributed by atoms with Gasteiger partial charge in [-0.3, -0.25) is 0 Å². The fraction of sp³-hybridized carbons (Fsp3) is 0.0714. The molecule has 0 amide bonds. The van der Waals surface area contributed by atoms with Gasteiger partial charge in [0, 0.05) is 12.4 Å². The molecule has 3 aromatic rings. The molecule has 0 spiro atoms. The number of para-hydroxylation sites is 1. The highest BCUT2D eigenvalue weighted by Crippen LogP contribution is 2.18. The number of pyridine rings is 1. The summed E-state index contributed by atoms with van der Waals surface area (Å²) in [6.07, 6.45) is 3.66. The van der Waals surface area contributed by atoms with Gasteiger partial charge in [0.2, 0.25) is 0 Å². The van der Waals surface area contributed by atoms with Crippen LogP contribution in [0.15, 0.2) is 48.8 Å². The Morgan fingerprint density at radius 1 is 1.21 bits per heavy atom. The van der Waals surface area contributed by atoms with Gasteiger partial charge >= 0.3 is 0 Å². The summed E-state index contributed by atoms with van der Waals surface area (Å²) in [6.45, 7) is 0.196. The minimum absolute atomic E-state index is 0.196. The number of nitrogens with two attached hydrogens (primary N) is 1. The standard InChI is InChI=1S/C14H12FN3O/c15-11-4-1-2-6-13(11)19-9-10-8-18-7-3-5-12(16)14(18)17-10/h1-8H,9,16H2. The smallest absolute Gasteiger partial charge is 0.165 e. The number of anilines is 1. The zero-order chi connectivity index (χ0) is 13.2. The number of ether oxygens (including phenoxy) is 1. The molecule has 0 aliphatic carbocycles. The van der Waals surface area contributed by atoms with Crippen molar-refractivity contribution in [3.8, 4) is 5.75 Å². The maximum absolute atomic E-state index is 13.4. The molecule has 2 heterocycles. The van der Waals surface area contributed by atoms with Crippen molar-refractivity contribution < 1.29 is 9.13 Å². The molecule has 0 saturated carbocycles. The molecule has 0 radical (unpaired) electrons. The number of hydrogen-bond acceptors (Lipinski definition) is 3. The molecule has 2 aromatic heterocycles. The zero-order valence-electron chi connectivity index (χ0n) is 10.1. The molecule has 0 unspecified atom stereocenters. The van der Waals surface area contributed by atoms with E-state index in [2.05, 4.69) is 4.98 Å². The van der Waals surface area contributed by atoms with E-state index in [1.807, 2.05) is 22.9 Å². The van der Waals surface area contributed by atoms with Gasteiger partial charge in [-0.05, 0) is 24.3 Å². The maximum atomic E-state index is 13.4. The van der Waals surface area contributed by atoms with Crippen LogP contribution in [0.1, 0.15) is 5.69 Å². The van der Waals surface area contributed by atoms with Crippen molar-refractivity contribution in [3.05, 3.63) is 60.3 Å². The molecule has 4 nitrogen and oxygen atoms in total. The van der Waals surface area contributed by atoms with Gasteiger partial charge in [0.15, 0.2) is 17.2 Å². The highest BCUT2D eigenvalue weighted by atomic mass is 19.1. The summed E-state index contributed by atoms with van der Waals surface area (Å²) in [5, 5.41) is 0. The summed E-state index contributed by atoms with van der Waals surface area (Å²) in [4.78, 5) is 4.35. The highest BCUT2D eigenvalue weighted by molar-refractivity contribution is 5.64. The van der Waals surface area contributed by atoms with Crippen molar-refractivity contribution in [3.63, 3.8) is 0 Å². The van der Waals surface area contributed by atoms with E-state index in [1.165, 1.54) is 6.07 Å². The van der Waals surface area contributed by atoms with Crippen LogP contribution in [0.4, 0.5) is 10.1 Å². The second-order valence-electron chi connectivity index (χ2n) is 4.15. The number of benzene rings is 1. The number of imidazole rings is 1. The molecule has 5 heteroatoms. The Morgan fingerprint density at radius 2 is 2.05 bits per heavy atom. The third kappa shape index (κ3) is 2.22. The predicted molar refractivity (Wildman–Crippen MR) is 70.3 cm³/mol. The van der Waals surface area contributed by atoms with Crippen molar-refractivity contribution in [2.24, 2.45) is 0 Å². The summed E-state index contributed by atoms with van der Waals surface area (Å²) < 4.78 is 20.6. The van der Waals surface area contributed by atoms with Crippen LogP contribution in [-0.4, -0.2) is 9.38 Å². The van der Waals surface area contributed by atoms with Gasteiger partial charge in [-0.15, -0.1) is 0 Å². The molecule has 0 aliphatic heterocycles. The number of rotatable bonds is 3. The molecular weight excluding hydrogens is 245 g/mol. The van der Waals surface area contributed by atoms with E-state index >= 15 is 0 Å². The van der Waals surface area contributed by atoms with Gasteiger partial charge in [0.25, 0.3) is 0 Å². The summed E-state index contributed by atoms with van der Waals surface area (Å²) in [7, 11) is 0. The van der Waals surface area contributed by atoms with Gasteiger partial charge in [0.1, 0.15) is 6.61 Å². The first-order valence-electron chi connectivity index (χ1n) is 5.83. The molecule has 96 valence electrons. The lowest BCUT2D eigenvalue weighted by Crippen LogP contribution is -1.97. The van der Waals surface area contributed by atoms with Crippen LogP contribution in [0.2, 0.25) is 0 Å². The van der Waals surface area contributed by atoms with E-state index in [0.29, 0.717) is 17.0 Å². The van der Waals surface area contributed by atoms with E-state index < -0.39 is 0 Å². The Labute approximate surface area is 109 Å². The van der Waals surface area contributed by atoms with E-state index in [-0.39, 0.29) is 18.2 Å². The SMILES string of the molecule is Nc1cccn2cc(COc3ccccc3F)nc12. The molecule has 0 atom stereocenters. The number of aromatic nitrogens is 2. The Kier molecular flexibility index (Phi) is 2.79. The van der Waals surface area contributed by atoms with Gasteiger partial charge in [-0.1, -0.05) is 12.1 Å². The minimum Gasteiger partial charge on any atom is -0.484 e. The number of hydrogen-bond donors (Lipinski definition) is 1. The van der Waals surface area contributed by atoms with Crippen LogP contribution >= 0.6 is 0 Å². The van der Waals surface area contributed by atoms with Crippen molar-refractivity contribution in [1.82, 2.24) is 9.38 Å². The highest BCUT2D eigenvalue weighted by Gasteiger charge is 2.06. The summed E-state index contributed by atoms with van der Waals surface area (Å²) in [5.74, 6) is -0.168. The Bertz CT molecular complexity index is 724. The number of halogens is 1. The van der Waals surface area contributed by atoms with E-state index in [1.54, 1.807) is 24.3 Å². The Balaban J connectivity index is 1.83. The van der Waals surface area contributed by atoms with Gasteiger partial charge in [-0.2, -0.15) is 0 Å². The zero-order valence-corrected chi connectivity index (χ0v) is 10.1. The van der Waals surface area contributed by atoms with Crippen molar-refractivity contribution >= 4 is 11.3 Å². The molecule has 19 heavy (non-hydrogen) atoms. The first-order chi connectivity index (χ1) is 9.24. The number of fused-ring (bicyclic) bond motifs is 1. The quantitative estimate of drug-likeness (QED) is 0.784. The molecular formula is C14H12FN3O. The topological polar surface area (TPSA) is 52.5 Å². The minimum atomic E-state index is -0.384. The van der Waals surface area contributed by atoms with Crippen LogP contribution in [0.5, 0.6) is 5.75 Å². The Morgan fingerprint density at radius 3 is 2.84 bits per heavy atom. The van der Waals surface area contributed by atoms with Crippen LogP contribution in [-0.2, 0) is 6.61 Å². The fourth-order valence-corrected chi connectivity index (χ4v) is 1.87. The second kappa shape index (κ2) is 4.61. The first kappa shape index (κ1) is 11.5. The van der Waals surface area contributed by atoms with Gasteiger partial charge in [0.05, 0.1) is 11.4 Å². The summed E-state index contributed by atoms with van der Waals surface area (Å²) in [5.41, 5.74) is 7.78. The van der Waals surface area contributed by atoms with Crippen LogP contribution in [0, 0.1) is 5.82 Å². The summed E-state index contributed by atoms with van der Waals surface area (Å²) >= 11 is 0. The lowest BCUT2D eigenvalue weighted by molar-refractivity contribution is 0.286. The lowest BCUT2D eigenvalue weighted by Gasteiger charge is -2.04. The van der Waals surface area contributed by atoms with Crippen molar-refractivity contribution in [1.29, 1.82) is 0 Å². The third-order valence-electron chi connectivity index (χ3n) is 2.78. The van der Waals surface area contributed by atoms with Crippen molar-refractivity contribution in [2.45, 2.75) is 6.61 Å². The van der Waals surface area contributed by atoms with E-state index in [4.69, 9.17) is 10.5 Å². The molecule has 0 fully saturated rings. The molecule has 3 rings (SSSR count). The first-order valence-corrected chi connectivity index (χ1v) is 5.83. The lowest BCUT2D eigenvalue weighted by atomic mass is 10.3. The van der Waals surface area contributed by atoms with Crippen molar-refractivity contribution in [2.75, 3.05) is 5.73 Å². The average Bonchev–Trinajstić information content (AvgIpc) is 2.82.